The van der Waals surface area contributed by atoms with Crippen LogP contribution in [0.1, 0.15) is 39.3 Å². The zero-order chi connectivity index (χ0) is 21.6. The normalized spacial score (nSPS) is 13.9. The molecule has 0 heterocycles. The highest BCUT2D eigenvalue weighted by molar-refractivity contribution is 7.89. The van der Waals surface area contributed by atoms with Crippen molar-refractivity contribution < 1.29 is 17.6 Å². The summed E-state index contributed by atoms with van der Waals surface area (Å²) in [5, 5.41) is 5.91. The fourth-order valence-electron chi connectivity index (χ4n) is 2.97. The number of halogens is 1. The highest BCUT2D eigenvalue weighted by Crippen LogP contribution is 2.20. The Morgan fingerprint density at radius 2 is 1.55 bits per heavy atom. The van der Waals surface area contributed by atoms with Gasteiger partial charge in [-0.1, -0.05) is 26.0 Å². The molecule has 6 nitrogen and oxygen atoms in total. The van der Waals surface area contributed by atoms with Crippen molar-refractivity contribution in [3.8, 4) is 0 Å². The van der Waals surface area contributed by atoms with Crippen molar-refractivity contribution in [1.82, 2.24) is 9.62 Å². The van der Waals surface area contributed by atoms with Crippen LogP contribution in [0.3, 0.4) is 0 Å². The van der Waals surface area contributed by atoms with Crippen molar-refractivity contribution in [3.63, 3.8) is 0 Å². The monoisotopic (exact) mass is 421 g/mol. The Morgan fingerprint density at radius 1 is 1.00 bits per heavy atom. The summed E-state index contributed by atoms with van der Waals surface area (Å²) in [6, 6.07) is 11.6. The molecular weight excluding hydrogens is 393 g/mol. The van der Waals surface area contributed by atoms with Crippen LogP contribution in [0.2, 0.25) is 0 Å². The van der Waals surface area contributed by atoms with E-state index in [0.717, 1.165) is 5.56 Å². The number of benzene rings is 2. The lowest BCUT2D eigenvalue weighted by Crippen LogP contribution is -2.39. The van der Waals surface area contributed by atoms with Gasteiger partial charge in [-0.3, -0.25) is 10.1 Å². The number of carbonyl (C=O) groups is 1. The molecule has 2 rings (SSSR count). The molecule has 2 N–H and O–H groups in total. The summed E-state index contributed by atoms with van der Waals surface area (Å²) in [7, 11) is -3.50. The molecule has 0 unspecified atom stereocenters. The highest BCUT2D eigenvalue weighted by atomic mass is 32.2. The Labute approximate surface area is 172 Å². The van der Waals surface area contributed by atoms with Gasteiger partial charge in [0.2, 0.25) is 15.9 Å². The van der Waals surface area contributed by atoms with E-state index in [1.54, 1.807) is 45.0 Å². The molecule has 0 aromatic heterocycles. The molecule has 1 amide bonds. The molecule has 0 fully saturated rings. The maximum absolute atomic E-state index is 13.0. The van der Waals surface area contributed by atoms with Crippen molar-refractivity contribution in [2.75, 3.05) is 18.4 Å². The zero-order valence-corrected chi connectivity index (χ0v) is 18.0. The number of hydrogen-bond acceptors (Lipinski definition) is 4. The molecule has 2 aromatic rings. The van der Waals surface area contributed by atoms with Crippen LogP contribution in [0.4, 0.5) is 10.1 Å². The molecule has 0 radical (unpaired) electrons. The zero-order valence-electron chi connectivity index (χ0n) is 17.1. The van der Waals surface area contributed by atoms with Gasteiger partial charge < -0.3 is 5.32 Å². The van der Waals surface area contributed by atoms with Crippen LogP contribution >= 0.6 is 0 Å². The quantitative estimate of drug-likeness (QED) is 0.649. The highest BCUT2D eigenvalue weighted by Gasteiger charge is 2.22. The second-order valence-electron chi connectivity index (χ2n) is 6.76. The first-order valence-corrected chi connectivity index (χ1v) is 11.1. The number of rotatable bonds is 9. The average Bonchev–Trinajstić information content (AvgIpc) is 2.70. The molecule has 0 aliphatic carbocycles. The van der Waals surface area contributed by atoms with E-state index in [1.165, 1.54) is 28.6 Å². The topological polar surface area (TPSA) is 78.5 Å². The number of nitrogens with one attached hydrogen (secondary N) is 2. The SMILES string of the molecule is CCN(CC)S(=O)(=O)c1ccc([C@H](C)N[C@H](C)C(=O)Nc2ccc(F)cc2)cc1. The van der Waals surface area contributed by atoms with Crippen molar-refractivity contribution >= 4 is 21.6 Å². The third kappa shape index (κ3) is 5.85. The van der Waals surface area contributed by atoms with E-state index in [2.05, 4.69) is 10.6 Å². The number of nitrogens with zero attached hydrogens (tertiary/aromatic N) is 1. The molecule has 2 atom stereocenters. The number of sulfonamides is 1. The van der Waals surface area contributed by atoms with E-state index in [0.29, 0.717) is 18.8 Å². The summed E-state index contributed by atoms with van der Waals surface area (Å²) in [6.07, 6.45) is 0. The summed E-state index contributed by atoms with van der Waals surface area (Å²) in [5.41, 5.74) is 1.38. The largest absolute Gasteiger partial charge is 0.325 e. The Morgan fingerprint density at radius 3 is 2.07 bits per heavy atom. The van der Waals surface area contributed by atoms with Gasteiger partial charge in [-0.2, -0.15) is 4.31 Å². The van der Waals surface area contributed by atoms with Gasteiger partial charge in [0.1, 0.15) is 5.82 Å². The molecule has 0 aliphatic rings. The van der Waals surface area contributed by atoms with Gasteiger partial charge in [-0.25, -0.2) is 12.8 Å². The number of carbonyl (C=O) groups excluding carboxylic acids is 1. The molecule has 158 valence electrons. The standard InChI is InChI=1S/C21H28FN3O3S/c1-5-25(6-2)29(27,28)20-13-7-17(8-14-20)15(3)23-16(4)21(26)24-19-11-9-18(22)10-12-19/h7-16,23H,5-6H2,1-4H3,(H,24,26)/t15-,16+/m0/s1. The Hall–Kier alpha value is -2.29. The minimum atomic E-state index is -3.50. The minimum Gasteiger partial charge on any atom is -0.325 e. The molecule has 0 saturated heterocycles. The summed E-state index contributed by atoms with van der Waals surface area (Å²) >= 11 is 0. The van der Waals surface area contributed by atoms with Crippen molar-refractivity contribution in [3.05, 3.63) is 59.9 Å². The van der Waals surface area contributed by atoms with Crippen LogP contribution in [-0.4, -0.2) is 37.8 Å². The summed E-state index contributed by atoms with van der Waals surface area (Å²) in [6.45, 7) is 8.07. The predicted molar refractivity (Wildman–Crippen MR) is 113 cm³/mol. The first-order valence-electron chi connectivity index (χ1n) is 9.61. The first kappa shape index (κ1) is 23.0. The molecule has 0 aliphatic heterocycles. The molecule has 8 heteroatoms. The third-order valence-electron chi connectivity index (χ3n) is 4.73. The number of hydrogen-bond donors (Lipinski definition) is 2. The van der Waals surface area contributed by atoms with Gasteiger partial charge in [0.15, 0.2) is 0 Å². The lowest BCUT2D eigenvalue weighted by atomic mass is 10.1. The second-order valence-corrected chi connectivity index (χ2v) is 8.70. The summed E-state index contributed by atoms with van der Waals surface area (Å²) < 4.78 is 39.5. The third-order valence-corrected chi connectivity index (χ3v) is 6.79. The Bertz CT molecular complexity index is 911. The average molecular weight is 422 g/mol. The maximum Gasteiger partial charge on any atom is 0.243 e. The van der Waals surface area contributed by atoms with Crippen LogP contribution in [0.25, 0.3) is 0 Å². The lowest BCUT2D eigenvalue weighted by Gasteiger charge is -2.21. The first-order chi connectivity index (χ1) is 13.7. The Balaban J connectivity index is 2.02. The fourth-order valence-corrected chi connectivity index (χ4v) is 4.43. The van der Waals surface area contributed by atoms with E-state index in [1.807, 2.05) is 6.92 Å². The van der Waals surface area contributed by atoms with Gasteiger partial charge >= 0.3 is 0 Å². The van der Waals surface area contributed by atoms with Gasteiger partial charge in [-0.05, 0) is 55.8 Å². The van der Waals surface area contributed by atoms with Gasteiger partial charge in [0.05, 0.1) is 10.9 Å². The van der Waals surface area contributed by atoms with Gasteiger partial charge in [0.25, 0.3) is 0 Å². The Kier molecular flexibility index (Phi) is 7.89. The summed E-state index contributed by atoms with van der Waals surface area (Å²) in [5.74, 6) is -0.613. The van der Waals surface area contributed by atoms with E-state index in [9.17, 15) is 17.6 Å². The molecule has 0 bridgehead atoms. The van der Waals surface area contributed by atoms with Crippen LogP contribution in [-0.2, 0) is 14.8 Å². The van der Waals surface area contributed by atoms with E-state index < -0.39 is 16.1 Å². The van der Waals surface area contributed by atoms with Gasteiger partial charge in [-0.15, -0.1) is 0 Å². The molecular formula is C21H28FN3O3S. The van der Waals surface area contributed by atoms with Crippen LogP contribution in [0, 0.1) is 5.82 Å². The fraction of sp³-hybridized carbons (Fsp3) is 0.381. The van der Waals surface area contributed by atoms with Crippen molar-refractivity contribution in [2.45, 2.75) is 44.7 Å². The van der Waals surface area contributed by atoms with E-state index in [-0.39, 0.29) is 22.7 Å². The summed E-state index contributed by atoms with van der Waals surface area (Å²) in [4.78, 5) is 12.6. The van der Waals surface area contributed by atoms with Crippen LogP contribution < -0.4 is 10.6 Å². The molecule has 0 spiro atoms. The molecule has 2 aromatic carbocycles. The van der Waals surface area contributed by atoms with E-state index in [4.69, 9.17) is 0 Å². The van der Waals surface area contributed by atoms with E-state index >= 15 is 0 Å². The molecule has 29 heavy (non-hydrogen) atoms. The number of anilines is 1. The van der Waals surface area contributed by atoms with Crippen molar-refractivity contribution in [2.24, 2.45) is 0 Å². The predicted octanol–water partition coefficient (Wildman–Crippen LogP) is 3.53. The number of amides is 1. The lowest BCUT2D eigenvalue weighted by molar-refractivity contribution is -0.117. The van der Waals surface area contributed by atoms with Crippen LogP contribution in [0.15, 0.2) is 53.4 Å². The van der Waals surface area contributed by atoms with Crippen molar-refractivity contribution in [1.29, 1.82) is 0 Å². The van der Waals surface area contributed by atoms with Crippen LogP contribution in [0.5, 0.6) is 0 Å². The second kappa shape index (κ2) is 9.96. The molecule has 0 saturated carbocycles. The smallest absolute Gasteiger partial charge is 0.243 e. The van der Waals surface area contributed by atoms with Gasteiger partial charge in [0, 0.05) is 24.8 Å². The minimum absolute atomic E-state index is 0.172. The maximum atomic E-state index is 13.0.